The lowest BCUT2D eigenvalue weighted by Gasteiger charge is -2.19. The maximum absolute atomic E-state index is 13.1. The van der Waals surface area contributed by atoms with Crippen molar-refractivity contribution in [1.29, 1.82) is 0 Å². The molecular weight excluding hydrogens is 479 g/mol. The Morgan fingerprint density at radius 3 is 2.35 bits per heavy atom. The summed E-state index contributed by atoms with van der Waals surface area (Å²) in [7, 11) is 0. The molecule has 1 aliphatic heterocycles. The number of fused-ring (bicyclic) bond motifs is 1. The summed E-state index contributed by atoms with van der Waals surface area (Å²) in [5.74, 6) is 0.395. The van der Waals surface area contributed by atoms with Gasteiger partial charge in [0.25, 0.3) is 5.91 Å². The molecule has 0 saturated heterocycles. The van der Waals surface area contributed by atoms with Crippen LogP contribution in [0.15, 0.2) is 85.1 Å². The first kappa shape index (κ1) is 24.3. The molecule has 3 aromatic carbocycles. The van der Waals surface area contributed by atoms with Gasteiger partial charge in [-0.2, -0.15) is 18.2 Å². The van der Waals surface area contributed by atoms with E-state index in [9.17, 15) is 18.0 Å². The standard InChI is InChI=1S/C28H24F3N5O/c29-28(30,31)22-12-10-20(11-13-22)16-32-25-23(26(37)33-17-19-6-2-1-3-7-19)18-34-27(35-25)36-15-14-21-8-4-5-9-24(21)36/h1-13,18H,14-17H2,(H,33,37)(H,32,34,35). The van der Waals surface area contributed by atoms with Crippen LogP contribution < -0.4 is 15.5 Å². The smallest absolute Gasteiger partial charge is 0.365 e. The van der Waals surface area contributed by atoms with Crippen LogP contribution in [0.5, 0.6) is 0 Å². The minimum Gasteiger partial charge on any atom is -0.365 e. The number of nitrogens with zero attached hydrogens (tertiary/aromatic N) is 3. The van der Waals surface area contributed by atoms with Crippen molar-refractivity contribution in [2.45, 2.75) is 25.7 Å². The summed E-state index contributed by atoms with van der Waals surface area (Å²) < 4.78 is 38.8. The van der Waals surface area contributed by atoms with Crippen molar-refractivity contribution in [2.75, 3.05) is 16.8 Å². The second-order valence-corrected chi connectivity index (χ2v) is 8.68. The third kappa shape index (κ3) is 5.55. The SMILES string of the molecule is O=C(NCc1ccccc1)c1cnc(N2CCc3ccccc32)nc1NCc1ccc(C(F)(F)F)cc1. The van der Waals surface area contributed by atoms with Gasteiger partial charge in [-0.15, -0.1) is 0 Å². The van der Waals surface area contributed by atoms with E-state index >= 15 is 0 Å². The normalized spacial score (nSPS) is 12.8. The van der Waals surface area contributed by atoms with Crippen LogP contribution in [0.3, 0.4) is 0 Å². The number of anilines is 3. The molecule has 0 atom stereocenters. The Balaban J connectivity index is 1.39. The predicted molar refractivity (Wildman–Crippen MR) is 136 cm³/mol. The number of hydrogen-bond acceptors (Lipinski definition) is 5. The van der Waals surface area contributed by atoms with Gasteiger partial charge >= 0.3 is 6.18 Å². The van der Waals surface area contributed by atoms with Crippen molar-refractivity contribution in [3.8, 4) is 0 Å². The largest absolute Gasteiger partial charge is 0.416 e. The molecule has 1 aromatic heterocycles. The molecule has 1 amide bonds. The van der Waals surface area contributed by atoms with Crippen molar-refractivity contribution in [3.63, 3.8) is 0 Å². The highest BCUT2D eigenvalue weighted by Gasteiger charge is 2.30. The topological polar surface area (TPSA) is 70.2 Å². The third-order valence-corrected chi connectivity index (χ3v) is 6.19. The van der Waals surface area contributed by atoms with Gasteiger partial charge in [0.15, 0.2) is 0 Å². The van der Waals surface area contributed by atoms with Gasteiger partial charge in [-0.25, -0.2) is 4.98 Å². The van der Waals surface area contributed by atoms with E-state index < -0.39 is 11.7 Å². The zero-order valence-corrected chi connectivity index (χ0v) is 19.8. The fourth-order valence-electron chi connectivity index (χ4n) is 4.22. The van der Waals surface area contributed by atoms with Crippen LogP contribution in [0.4, 0.5) is 30.6 Å². The van der Waals surface area contributed by atoms with Gasteiger partial charge in [0.2, 0.25) is 5.95 Å². The summed E-state index contributed by atoms with van der Waals surface area (Å²) in [5, 5.41) is 6.02. The zero-order valence-electron chi connectivity index (χ0n) is 19.8. The number of para-hydroxylation sites is 1. The molecule has 5 rings (SSSR count). The van der Waals surface area contributed by atoms with Crippen molar-refractivity contribution in [1.82, 2.24) is 15.3 Å². The lowest BCUT2D eigenvalue weighted by atomic mass is 10.1. The Morgan fingerprint density at radius 2 is 1.59 bits per heavy atom. The average molecular weight is 504 g/mol. The van der Waals surface area contributed by atoms with Crippen molar-refractivity contribution < 1.29 is 18.0 Å². The molecule has 0 aliphatic carbocycles. The molecule has 6 nitrogen and oxygen atoms in total. The molecule has 0 spiro atoms. The fraction of sp³-hybridized carbons (Fsp3) is 0.179. The number of nitrogens with one attached hydrogen (secondary N) is 2. The molecule has 1 aliphatic rings. The lowest BCUT2D eigenvalue weighted by Crippen LogP contribution is -2.26. The number of rotatable bonds is 7. The quantitative estimate of drug-likeness (QED) is 0.337. The van der Waals surface area contributed by atoms with Crippen LogP contribution in [0, 0.1) is 0 Å². The maximum Gasteiger partial charge on any atom is 0.416 e. The van der Waals surface area contributed by atoms with Gasteiger partial charge in [0.1, 0.15) is 11.4 Å². The van der Waals surface area contributed by atoms with Gasteiger partial charge in [-0.3, -0.25) is 4.79 Å². The van der Waals surface area contributed by atoms with Crippen molar-refractivity contribution in [2.24, 2.45) is 0 Å². The number of amides is 1. The summed E-state index contributed by atoms with van der Waals surface area (Å²) in [6, 6.07) is 22.4. The Labute approximate surface area is 212 Å². The van der Waals surface area contributed by atoms with E-state index in [-0.39, 0.29) is 18.0 Å². The Morgan fingerprint density at radius 1 is 0.892 bits per heavy atom. The van der Waals surface area contributed by atoms with Gasteiger partial charge in [-0.1, -0.05) is 60.7 Å². The van der Waals surface area contributed by atoms with E-state index in [1.54, 1.807) is 0 Å². The van der Waals surface area contributed by atoms with Gasteiger partial charge in [-0.05, 0) is 41.3 Å². The molecular formula is C28H24F3N5O. The first-order valence-electron chi connectivity index (χ1n) is 11.8. The van der Waals surface area contributed by atoms with Crippen LogP contribution in [-0.2, 0) is 25.7 Å². The average Bonchev–Trinajstić information content (AvgIpc) is 3.35. The van der Waals surface area contributed by atoms with E-state index in [1.807, 2.05) is 53.4 Å². The van der Waals surface area contributed by atoms with Crippen LogP contribution in [0.25, 0.3) is 0 Å². The van der Waals surface area contributed by atoms with E-state index in [2.05, 4.69) is 26.7 Å². The predicted octanol–water partition coefficient (Wildman–Crippen LogP) is 5.73. The highest BCUT2D eigenvalue weighted by atomic mass is 19.4. The monoisotopic (exact) mass is 503 g/mol. The number of benzene rings is 3. The molecule has 4 aromatic rings. The van der Waals surface area contributed by atoms with Gasteiger partial charge in [0.05, 0.1) is 5.56 Å². The van der Waals surface area contributed by atoms with Gasteiger partial charge in [0, 0.05) is 31.5 Å². The molecule has 37 heavy (non-hydrogen) atoms. The van der Waals surface area contributed by atoms with E-state index in [0.29, 0.717) is 30.4 Å². The second-order valence-electron chi connectivity index (χ2n) is 8.68. The van der Waals surface area contributed by atoms with E-state index in [0.717, 1.165) is 29.8 Å². The first-order chi connectivity index (χ1) is 17.9. The van der Waals surface area contributed by atoms with Crippen LogP contribution in [-0.4, -0.2) is 22.4 Å². The van der Waals surface area contributed by atoms with Crippen LogP contribution in [0.1, 0.15) is 32.6 Å². The fourth-order valence-corrected chi connectivity index (χ4v) is 4.22. The number of hydrogen-bond donors (Lipinski definition) is 2. The first-order valence-corrected chi connectivity index (χ1v) is 11.8. The van der Waals surface area contributed by atoms with E-state index in [4.69, 9.17) is 0 Å². The zero-order chi connectivity index (χ0) is 25.8. The number of halogens is 3. The lowest BCUT2D eigenvalue weighted by molar-refractivity contribution is -0.137. The van der Waals surface area contributed by atoms with Gasteiger partial charge < -0.3 is 15.5 Å². The molecule has 0 fully saturated rings. The molecule has 188 valence electrons. The summed E-state index contributed by atoms with van der Waals surface area (Å²) in [6.45, 7) is 1.22. The number of carbonyl (C=O) groups is 1. The molecule has 2 N–H and O–H groups in total. The summed E-state index contributed by atoms with van der Waals surface area (Å²) in [6.07, 6.45) is -2.06. The molecule has 9 heteroatoms. The van der Waals surface area contributed by atoms with Crippen molar-refractivity contribution in [3.05, 3.63) is 113 Å². The Hall–Kier alpha value is -4.40. The number of carbonyl (C=O) groups excluding carboxylic acids is 1. The summed E-state index contributed by atoms with van der Waals surface area (Å²) >= 11 is 0. The Bertz CT molecular complexity index is 1390. The second kappa shape index (κ2) is 10.3. The van der Waals surface area contributed by atoms with E-state index in [1.165, 1.54) is 23.9 Å². The molecule has 0 saturated carbocycles. The maximum atomic E-state index is 13.1. The summed E-state index contributed by atoms with van der Waals surface area (Å²) in [5.41, 5.74) is 3.30. The third-order valence-electron chi connectivity index (χ3n) is 6.19. The summed E-state index contributed by atoms with van der Waals surface area (Å²) in [4.78, 5) is 24.2. The minimum atomic E-state index is -4.40. The molecule has 0 radical (unpaired) electrons. The van der Waals surface area contributed by atoms with Crippen LogP contribution in [0.2, 0.25) is 0 Å². The highest BCUT2D eigenvalue weighted by molar-refractivity contribution is 5.98. The molecule has 0 bridgehead atoms. The number of aromatic nitrogens is 2. The van der Waals surface area contributed by atoms with Crippen molar-refractivity contribution >= 4 is 23.4 Å². The minimum absolute atomic E-state index is 0.185. The highest BCUT2D eigenvalue weighted by Crippen LogP contribution is 2.33. The number of alkyl halides is 3. The molecule has 2 heterocycles. The molecule has 0 unspecified atom stereocenters. The van der Waals surface area contributed by atoms with Crippen LogP contribution >= 0.6 is 0 Å². The Kier molecular flexibility index (Phi) is 6.76.